The zero-order valence-corrected chi connectivity index (χ0v) is 12.3. The van der Waals surface area contributed by atoms with E-state index in [0.717, 1.165) is 11.1 Å². The van der Waals surface area contributed by atoms with Crippen LogP contribution in [0.4, 0.5) is 5.69 Å². The highest BCUT2D eigenvalue weighted by atomic mass is 16.5. The molecule has 3 N–H and O–H groups in total. The van der Waals surface area contributed by atoms with Gasteiger partial charge in [0.05, 0.1) is 17.9 Å². The largest absolute Gasteiger partial charge is 0.361 e. The van der Waals surface area contributed by atoms with Gasteiger partial charge in [0.25, 0.3) is 5.91 Å². The average molecular weight is 283 g/mol. The van der Waals surface area contributed by atoms with Gasteiger partial charge in [-0.1, -0.05) is 23.1 Å². The minimum absolute atomic E-state index is 0.258. The summed E-state index contributed by atoms with van der Waals surface area (Å²) < 4.78 is 5.01. The summed E-state index contributed by atoms with van der Waals surface area (Å²) in [7, 11) is 0. The lowest BCUT2D eigenvalue weighted by molar-refractivity contribution is 0.102. The zero-order chi connectivity index (χ0) is 15.4. The van der Waals surface area contributed by atoms with Gasteiger partial charge in [-0.2, -0.15) is 0 Å². The predicted molar refractivity (Wildman–Crippen MR) is 81.0 cm³/mol. The third kappa shape index (κ3) is 3.30. The molecule has 0 saturated heterocycles. The Morgan fingerprint density at radius 3 is 2.76 bits per heavy atom. The summed E-state index contributed by atoms with van der Waals surface area (Å²) in [5.41, 5.74) is 8.86. The van der Waals surface area contributed by atoms with Gasteiger partial charge in [-0.25, -0.2) is 0 Å². The lowest BCUT2D eigenvalue weighted by Gasteiger charge is -2.08. The van der Waals surface area contributed by atoms with Gasteiger partial charge in [0, 0.05) is 5.56 Å². The van der Waals surface area contributed by atoms with Crippen molar-refractivity contribution >= 4 is 11.6 Å². The molecule has 0 unspecified atom stereocenters. The number of aromatic nitrogens is 1. The molecular formula is C16H17N3O2. The molecule has 21 heavy (non-hydrogen) atoms. The number of hydrogen-bond acceptors (Lipinski definition) is 4. The van der Waals surface area contributed by atoms with Crippen LogP contribution < -0.4 is 11.1 Å². The van der Waals surface area contributed by atoms with E-state index in [1.54, 1.807) is 13.8 Å². The fraction of sp³-hybridized carbons (Fsp3) is 0.250. The Bertz CT molecular complexity index is 716. The molecule has 5 nitrogen and oxygen atoms in total. The molecule has 5 heteroatoms. The first-order valence-electron chi connectivity index (χ1n) is 6.56. The zero-order valence-electron chi connectivity index (χ0n) is 12.3. The van der Waals surface area contributed by atoms with Crippen molar-refractivity contribution in [3.63, 3.8) is 0 Å². The highest BCUT2D eigenvalue weighted by Crippen LogP contribution is 2.19. The van der Waals surface area contributed by atoms with Crippen molar-refractivity contribution in [1.82, 2.24) is 5.16 Å². The molecule has 108 valence electrons. The van der Waals surface area contributed by atoms with E-state index in [2.05, 4.69) is 22.3 Å². The highest BCUT2D eigenvalue weighted by molar-refractivity contribution is 6.06. The van der Waals surface area contributed by atoms with Gasteiger partial charge in [-0.15, -0.1) is 0 Å². The molecule has 0 atom stereocenters. The van der Waals surface area contributed by atoms with Crippen LogP contribution in [0.5, 0.6) is 0 Å². The maximum absolute atomic E-state index is 12.3. The van der Waals surface area contributed by atoms with Crippen molar-refractivity contribution in [3.05, 3.63) is 46.3 Å². The van der Waals surface area contributed by atoms with Crippen molar-refractivity contribution < 1.29 is 9.32 Å². The van der Waals surface area contributed by atoms with Crippen molar-refractivity contribution in [2.45, 2.75) is 20.8 Å². The molecule has 0 spiro atoms. The average Bonchev–Trinajstić information content (AvgIpc) is 2.78. The number of rotatable bonds is 2. The van der Waals surface area contributed by atoms with Gasteiger partial charge in [-0.3, -0.25) is 4.79 Å². The van der Waals surface area contributed by atoms with E-state index in [-0.39, 0.29) is 12.5 Å². The van der Waals surface area contributed by atoms with Crippen LogP contribution >= 0.6 is 0 Å². The second-order valence-electron chi connectivity index (χ2n) is 4.71. The standard InChI is InChI=1S/C16H17N3O2/c1-10-6-7-14(13(9-10)5-4-8-17)18-16(20)15-11(2)19-21-12(15)3/h6-7,9H,8,17H2,1-3H3,(H,18,20). The summed E-state index contributed by atoms with van der Waals surface area (Å²) in [6, 6.07) is 5.65. The van der Waals surface area contributed by atoms with Crippen LogP contribution in [0.15, 0.2) is 22.7 Å². The minimum atomic E-state index is -0.258. The van der Waals surface area contributed by atoms with Gasteiger partial charge in [0.1, 0.15) is 11.3 Å². The smallest absolute Gasteiger partial charge is 0.261 e. The first-order chi connectivity index (χ1) is 10.0. The van der Waals surface area contributed by atoms with Gasteiger partial charge >= 0.3 is 0 Å². The molecule has 0 fully saturated rings. The number of anilines is 1. The molecule has 1 amide bonds. The molecule has 2 rings (SSSR count). The summed E-state index contributed by atoms with van der Waals surface area (Å²) in [5, 5.41) is 6.63. The molecule has 1 aromatic heterocycles. The number of carbonyl (C=O) groups is 1. The molecular weight excluding hydrogens is 266 g/mol. The third-order valence-corrected chi connectivity index (χ3v) is 3.01. The minimum Gasteiger partial charge on any atom is -0.361 e. The van der Waals surface area contributed by atoms with Crippen LogP contribution in [-0.2, 0) is 0 Å². The molecule has 1 heterocycles. The summed E-state index contributed by atoms with van der Waals surface area (Å²) >= 11 is 0. The Morgan fingerprint density at radius 1 is 1.38 bits per heavy atom. The molecule has 0 aliphatic carbocycles. The SMILES string of the molecule is Cc1ccc(NC(=O)c2c(C)noc2C)c(C#CCN)c1. The molecule has 2 aromatic rings. The number of amides is 1. The van der Waals surface area contributed by atoms with Gasteiger partial charge in [0.15, 0.2) is 0 Å². The lowest BCUT2D eigenvalue weighted by Crippen LogP contribution is -2.14. The summed E-state index contributed by atoms with van der Waals surface area (Å²) in [4.78, 5) is 12.3. The van der Waals surface area contributed by atoms with Crippen molar-refractivity contribution in [2.24, 2.45) is 5.73 Å². The first-order valence-corrected chi connectivity index (χ1v) is 6.56. The van der Waals surface area contributed by atoms with E-state index in [1.807, 2.05) is 25.1 Å². The van der Waals surface area contributed by atoms with Gasteiger partial charge in [-0.05, 0) is 38.5 Å². The molecule has 0 radical (unpaired) electrons. The molecule has 0 aliphatic heterocycles. The fourth-order valence-corrected chi connectivity index (χ4v) is 2.01. The number of nitrogens with two attached hydrogens (primary N) is 1. The maximum Gasteiger partial charge on any atom is 0.261 e. The Kier molecular flexibility index (Phi) is 4.41. The molecule has 0 bridgehead atoms. The first kappa shape index (κ1) is 14.8. The number of nitrogens with zero attached hydrogens (tertiary/aromatic N) is 1. The third-order valence-electron chi connectivity index (χ3n) is 3.01. The normalized spacial score (nSPS) is 9.90. The van der Waals surface area contributed by atoms with E-state index < -0.39 is 0 Å². The second kappa shape index (κ2) is 6.25. The maximum atomic E-state index is 12.3. The Balaban J connectivity index is 2.33. The number of aryl methyl sites for hydroxylation is 3. The number of hydrogen-bond donors (Lipinski definition) is 2. The number of benzene rings is 1. The van der Waals surface area contributed by atoms with E-state index in [9.17, 15) is 4.79 Å². The lowest BCUT2D eigenvalue weighted by atomic mass is 10.1. The van der Waals surface area contributed by atoms with Crippen molar-refractivity contribution in [3.8, 4) is 11.8 Å². The van der Waals surface area contributed by atoms with E-state index in [4.69, 9.17) is 10.3 Å². The van der Waals surface area contributed by atoms with E-state index in [0.29, 0.717) is 22.7 Å². The fourth-order valence-electron chi connectivity index (χ4n) is 2.01. The molecule has 0 saturated carbocycles. The van der Waals surface area contributed by atoms with Crippen LogP contribution in [0.2, 0.25) is 0 Å². The van der Waals surface area contributed by atoms with Crippen LogP contribution in [0.1, 0.15) is 32.9 Å². The Morgan fingerprint density at radius 2 is 2.14 bits per heavy atom. The van der Waals surface area contributed by atoms with Crippen LogP contribution in [0.25, 0.3) is 0 Å². The Labute approximate surface area is 123 Å². The molecule has 0 aliphatic rings. The summed E-state index contributed by atoms with van der Waals surface area (Å²) in [6.45, 7) is 5.67. The summed E-state index contributed by atoms with van der Waals surface area (Å²) in [6.07, 6.45) is 0. The molecule has 1 aromatic carbocycles. The summed E-state index contributed by atoms with van der Waals surface area (Å²) in [5.74, 6) is 6.00. The van der Waals surface area contributed by atoms with Crippen molar-refractivity contribution in [2.75, 3.05) is 11.9 Å². The topological polar surface area (TPSA) is 81.2 Å². The van der Waals surface area contributed by atoms with Crippen LogP contribution in [-0.4, -0.2) is 17.6 Å². The quantitative estimate of drug-likeness (QED) is 0.828. The van der Waals surface area contributed by atoms with Crippen LogP contribution in [0, 0.1) is 32.6 Å². The number of carbonyl (C=O) groups excluding carboxylic acids is 1. The second-order valence-corrected chi connectivity index (χ2v) is 4.71. The van der Waals surface area contributed by atoms with Crippen LogP contribution in [0.3, 0.4) is 0 Å². The Hall–Kier alpha value is -2.58. The van der Waals surface area contributed by atoms with Gasteiger partial charge < -0.3 is 15.6 Å². The number of nitrogens with one attached hydrogen (secondary N) is 1. The van der Waals surface area contributed by atoms with E-state index >= 15 is 0 Å². The van der Waals surface area contributed by atoms with Crippen molar-refractivity contribution in [1.29, 1.82) is 0 Å². The van der Waals surface area contributed by atoms with E-state index in [1.165, 1.54) is 0 Å². The van der Waals surface area contributed by atoms with Gasteiger partial charge in [0.2, 0.25) is 0 Å². The highest BCUT2D eigenvalue weighted by Gasteiger charge is 2.18. The monoisotopic (exact) mass is 283 g/mol. The predicted octanol–water partition coefficient (Wildman–Crippen LogP) is 2.16.